The normalized spacial score (nSPS) is 18.0. The monoisotopic (exact) mass is 223 g/mol. The molecule has 2 rings (SSSR count). The largest absolute Gasteiger partial charge is 0.305 e. The van der Waals surface area contributed by atoms with Gasteiger partial charge in [-0.2, -0.15) is 5.10 Å². The maximum Gasteiger partial charge on any atom is 0.0579 e. The first-order chi connectivity index (χ1) is 5.20. The standard InChI is InChI=1S/C8H13N3.2ClH/c1-8(2)7-3-4-10-11(7)6-5-9-8;;/h3-4,9H,5-6H2,1-2H3;2*1H. The number of rotatable bonds is 0. The molecule has 0 saturated carbocycles. The van der Waals surface area contributed by atoms with E-state index in [1.54, 1.807) is 0 Å². The van der Waals surface area contributed by atoms with Gasteiger partial charge < -0.3 is 5.32 Å². The molecule has 0 bridgehead atoms. The Bertz CT molecular complexity index is 270. The van der Waals surface area contributed by atoms with Crippen molar-refractivity contribution >= 4 is 24.8 Å². The van der Waals surface area contributed by atoms with Crippen LogP contribution < -0.4 is 5.32 Å². The van der Waals surface area contributed by atoms with Crippen molar-refractivity contribution in [1.82, 2.24) is 15.1 Å². The van der Waals surface area contributed by atoms with Crippen molar-refractivity contribution in [2.24, 2.45) is 0 Å². The van der Waals surface area contributed by atoms with Gasteiger partial charge in [-0.3, -0.25) is 4.68 Å². The summed E-state index contributed by atoms with van der Waals surface area (Å²) in [6, 6.07) is 2.08. The van der Waals surface area contributed by atoms with Crippen LogP contribution >= 0.6 is 24.8 Å². The summed E-state index contributed by atoms with van der Waals surface area (Å²) < 4.78 is 2.07. The highest BCUT2D eigenvalue weighted by Crippen LogP contribution is 2.21. The van der Waals surface area contributed by atoms with Crippen LogP contribution in [-0.2, 0) is 12.1 Å². The van der Waals surface area contributed by atoms with E-state index in [9.17, 15) is 0 Å². The van der Waals surface area contributed by atoms with Gasteiger partial charge in [0.25, 0.3) is 0 Å². The molecule has 0 radical (unpaired) electrons. The summed E-state index contributed by atoms with van der Waals surface area (Å²) in [5.41, 5.74) is 1.37. The minimum Gasteiger partial charge on any atom is -0.305 e. The van der Waals surface area contributed by atoms with Crippen molar-refractivity contribution in [3.8, 4) is 0 Å². The molecule has 0 amide bonds. The Hall–Kier alpha value is -0.250. The highest BCUT2D eigenvalue weighted by atomic mass is 35.5. The Morgan fingerprint density at radius 1 is 1.46 bits per heavy atom. The number of nitrogens with one attached hydrogen (secondary N) is 1. The molecule has 0 aromatic carbocycles. The van der Waals surface area contributed by atoms with Gasteiger partial charge in [-0.1, -0.05) is 0 Å². The Morgan fingerprint density at radius 2 is 2.15 bits per heavy atom. The predicted molar refractivity (Wildman–Crippen MR) is 57.8 cm³/mol. The van der Waals surface area contributed by atoms with Crippen LogP contribution in [0.25, 0.3) is 0 Å². The lowest BCUT2D eigenvalue weighted by atomic mass is 9.99. The Balaban J connectivity index is 0.000000720. The Kier molecular flexibility index (Phi) is 4.23. The van der Waals surface area contributed by atoms with Crippen LogP contribution in [0, 0.1) is 0 Å². The topological polar surface area (TPSA) is 29.9 Å². The summed E-state index contributed by atoms with van der Waals surface area (Å²) in [4.78, 5) is 0. The number of aromatic nitrogens is 2. The molecule has 13 heavy (non-hydrogen) atoms. The molecule has 0 fully saturated rings. The summed E-state index contributed by atoms with van der Waals surface area (Å²) >= 11 is 0. The second-order valence-corrected chi connectivity index (χ2v) is 3.49. The van der Waals surface area contributed by atoms with E-state index >= 15 is 0 Å². The fourth-order valence-corrected chi connectivity index (χ4v) is 1.61. The van der Waals surface area contributed by atoms with Crippen molar-refractivity contribution in [2.45, 2.75) is 25.9 Å². The van der Waals surface area contributed by atoms with Gasteiger partial charge in [0.2, 0.25) is 0 Å². The third-order valence-electron chi connectivity index (χ3n) is 2.25. The smallest absolute Gasteiger partial charge is 0.0579 e. The molecular weight excluding hydrogens is 209 g/mol. The van der Waals surface area contributed by atoms with Crippen molar-refractivity contribution in [1.29, 1.82) is 0 Å². The average Bonchev–Trinajstić information content (AvgIpc) is 2.34. The third-order valence-corrected chi connectivity index (χ3v) is 2.25. The van der Waals surface area contributed by atoms with Crippen molar-refractivity contribution in [3.05, 3.63) is 18.0 Å². The minimum absolute atomic E-state index is 0. The zero-order valence-corrected chi connectivity index (χ0v) is 9.41. The third kappa shape index (κ3) is 2.16. The summed E-state index contributed by atoms with van der Waals surface area (Å²) in [6.07, 6.45) is 1.87. The first kappa shape index (κ1) is 12.8. The van der Waals surface area contributed by atoms with Crippen LogP contribution in [0.2, 0.25) is 0 Å². The summed E-state index contributed by atoms with van der Waals surface area (Å²) in [7, 11) is 0. The van der Waals surface area contributed by atoms with Crippen LogP contribution in [0.1, 0.15) is 19.5 Å². The lowest BCUT2D eigenvalue weighted by Gasteiger charge is -2.31. The van der Waals surface area contributed by atoms with E-state index in [0.717, 1.165) is 13.1 Å². The average molecular weight is 224 g/mol. The summed E-state index contributed by atoms with van der Waals surface area (Å²) in [6.45, 7) is 6.37. The van der Waals surface area contributed by atoms with Gasteiger partial charge in [0, 0.05) is 12.7 Å². The molecular formula is C8H15Cl2N3. The van der Waals surface area contributed by atoms with E-state index in [2.05, 4.69) is 35.0 Å². The predicted octanol–water partition coefficient (Wildman–Crippen LogP) is 1.56. The lowest BCUT2D eigenvalue weighted by Crippen LogP contribution is -2.44. The van der Waals surface area contributed by atoms with E-state index in [0.29, 0.717) is 0 Å². The Morgan fingerprint density at radius 3 is 2.77 bits per heavy atom. The van der Waals surface area contributed by atoms with Gasteiger partial charge in [0.15, 0.2) is 0 Å². The van der Waals surface area contributed by atoms with Crippen molar-refractivity contribution in [2.75, 3.05) is 6.54 Å². The molecule has 0 atom stereocenters. The number of fused-ring (bicyclic) bond motifs is 1. The van der Waals surface area contributed by atoms with Crippen LogP contribution in [-0.4, -0.2) is 16.3 Å². The summed E-state index contributed by atoms with van der Waals surface area (Å²) in [5.74, 6) is 0. The quantitative estimate of drug-likeness (QED) is 0.724. The Labute approximate surface area is 90.7 Å². The molecule has 3 nitrogen and oxygen atoms in total. The molecule has 0 unspecified atom stereocenters. The number of hydrogen-bond donors (Lipinski definition) is 1. The zero-order valence-electron chi connectivity index (χ0n) is 7.78. The maximum absolute atomic E-state index is 4.23. The molecule has 0 aliphatic carbocycles. The van der Waals surface area contributed by atoms with E-state index in [-0.39, 0.29) is 30.4 Å². The second kappa shape index (κ2) is 4.31. The van der Waals surface area contributed by atoms with Gasteiger partial charge in [-0.05, 0) is 19.9 Å². The first-order valence-corrected chi connectivity index (χ1v) is 3.97. The minimum atomic E-state index is 0. The van der Waals surface area contributed by atoms with Crippen molar-refractivity contribution in [3.63, 3.8) is 0 Å². The molecule has 0 saturated heterocycles. The first-order valence-electron chi connectivity index (χ1n) is 3.97. The van der Waals surface area contributed by atoms with E-state index in [1.165, 1.54) is 5.69 Å². The van der Waals surface area contributed by atoms with Gasteiger partial charge in [-0.25, -0.2) is 0 Å². The SMILES string of the molecule is CC1(C)NCCn2nccc21.Cl.Cl. The lowest BCUT2D eigenvalue weighted by molar-refractivity contribution is 0.311. The maximum atomic E-state index is 4.23. The highest BCUT2D eigenvalue weighted by molar-refractivity contribution is 5.85. The molecule has 1 aliphatic heterocycles. The number of hydrogen-bond acceptors (Lipinski definition) is 2. The molecule has 0 spiro atoms. The second-order valence-electron chi connectivity index (χ2n) is 3.49. The van der Waals surface area contributed by atoms with E-state index in [4.69, 9.17) is 0 Å². The summed E-state index contributed by atoms with van der Waals surface area (Å²) in [5, 5.41) is 7.67. The number of nitrogens with zero attached hydrogens (tertiary/aromatic N) is 2. The molecule has 1 aromatic rings. The van der Waals surface area contributed by atoms with Crippen LogP contribution in [0.15, 0.2) is 12.3 Å². The fourth-order valence-electron chi connectivity index (χ4n) is 1.61. The van der Waals surface area contributed by atoms with E-state index < -0.39 is 0 Å². The molecule has 76 valence electrons. The van der Waals surface area contributed by atoms with Crippen LogP contribution in [0.4, 0.5) is 0 Å². The van der Waals surface area contributed by atoms with Crippen LogP contribution in [0.3, 0.4) is 0 Å². The molecule has 1 N–H and O–H groups in total. The molecule has 1 aromatic heterocycles. The zero-order chi connectivity index (χ0) is 7.90. The van der Waals surface area contributed by atoms with Crippen LogP contribution in [0.5, 0.6) is 0 Å². The van der Waals surface area contributed by atoms with E-state index in [1.807, 2.05) is 6.20 Å². The van der Waals surface area contributed by atoms with Gasteiger partial charge in [-0.15, -0.1) is 24.8 Å². The highest BCUT2D eigenvalue weighted by Gasteiger charge is 2.26. The molecule has 1 aliphatic rings. The molecule has 5 heteroatoms. The molecule has 2 heterocycles. The van der Waals surface area contributed by atoms with Gasteiger partial charge in [0.05, 0.1) is 17.8 Å². The fraction of sp³-hybridized carbons (Fsp3) is 0.625. The van der Waals surface area contributed by atoms with Gasteiger partial charge in [0.1, 0.15) is 0 Å². The van der Waals surface area contributed by atoms with Gasteiger partial charge >= 0.3 is 0 Å². The number of halogens is 2. The van der Waals surface area contributed by atoms with Crippen molar-refractivity contribution < 1.29 is 0 Å².